The second-order valence-corrected chi connectivity index (χ2v) is 6.08. The molecule has 2 heterocycles. The lowest BCUT2D eigenvalue weighted by molar-refractivity contribution is 0.708. The Morgan fingerprint density at radius 1 is 1.05 bits per heavy atom. The molecule has 114 valence electrons. The summed E-state index contributed by atoms with van der Waals surface area (Å²) in [6.07, 6.45) is 0.383. The van der Waals surface area contributed by atoms with Gasteiger partial charge in [-0.05, 0) is 44.4 Å². The van der Waals surface area contributed by atoms with Crippen LogP contribution in [0.1, 0.15) is 23.6 Å². The van der Waals surface area contributed by atoms with Crippen molar-refractivity contribution in [3.63, 3.8) is 0 Å². The summed E-state index contributed by atoms with van der Waals surface area (Å²) in [5, 5.41) is 6.78. The maximum absolute atomic E-state index is 4.46. The zero-order chi connectivity index (χ0) is 15.3. The van der Waals surface area contributed by atoms with E-state index >= 15 is 0 Å². The van der Waals surface area contributed by atoms with Crippen molar-refractivity contribution in [3.8, 4) is 0 Å². The largest absolute Gasteiger partial charge is 0.354 e. The van der Waals surface area contributed by atoms with Crippen molar-refractivity contribution in [1.82, 2.24) is 5.32 Å². The molecule has 1 atom stereocenters. The Morgan fingerprint density at radius 2 is 1.67 bits per heavy atom. The predicted molar refractivity (Wildman–Crippen MR) is 90.8 cm³/mol. The minimum absolute atomic E-state index is 0.383. The number of guanidine groups is 1. The average Bonchev–Trinajstić information content (AvgIpc) is 3.04. The van der Waals surface area contributed by atoms with Gasteiger partial charge in [0.25, 0.3) is 0 Å². The molecule has 2 aliphatic rings. The highest BCUT2D eigenvalue weighted by Crippen LogP contribution is 2.47. The molecule has 2 aliphatic heterocycles. The molecule has 5 heteroatoms. The van der Waals surface area contributed by atoms with E-state index in [9.17, 15) is 0 Å². The van der Waals surface area contributed by atoms with E-state index in [0.29, 0.717) is 6.17 Å². The summed E-state index contributed by atoms with van der Waals surface area (Å²) in [7, 11) is 4.35. The maximum atomic E-state index is 4.46. The molecule has 1 unspecified atom stereocenters. The third kappa shape index (κ3) is 1.94. The van der Waals surface area contributed by atoms with Gasteiger partial charge in [0.15, 0.2) is 5.96 Å². The van der Waals surface area contributed by atoms with Gasteiger partial charge in [-0.25, -0.2) is 0 Å². The molecule has 0 saturated heterocycles. The Hall–Kier alpha value is -1.91. The van der Waals surface area contributed by atoms with Crippen LogP contribution in [0.3, 0.4) is 0 Å². The summed E-state index contributed by atoms with van der Waals surface area (Å²) in [6, 6.07) is 0. The second-order valence-electron chi connectivity index (χ2n) is 6.08. The van der Waals surface area contributed by atoms with E-state index in [0.717, 1.165) is 19.0 Å². The number of nitrogens with one attached hydrogen (secondary N) is 2. The van der Waals surface area contributed by atoms with E-state index in [2.05, 4.69) is 67.2 Å². The molecule has 0 radical (unpaired) electrons. The van der Waals surface area contributed by atoms with E-state index in [4.69, 9.17) is 0 Å². The van der Waals surface area contributed by atoms with E-state index in [-0.39, 0.29) is 0 Å². The first-order valence-corrected chi connectivity index (χ1v) is 7.58. The number of anilines is 3. The quantitative estimate of drug-likeness (QED) is 0.831. The van der Waals surface area contributed by atoms with E-state index in [1.165, 1.54) is 33.8 Å². The summed E-state index contributed by atoms with van der Waals surface area (Å²) in [5.74, 6) is 0.891. The lowest BCUT2D eigenvalue weighted by atomic mass is 9.98. The van der Waals surface area contributed by atoms with E-state index in [1.54, 1.807) is 0 Å². The molecule has 0 amide bonds. The van der Waals surface area contributed by atoms with Gasteiger partial charge in [-0.15, -0.1) is 0 Å². The van der Waals surface area contributed by atoms with Gasteiger partial charge in [-0.3, -0.25) is 4.99 Å². The summed E-state index contributed by atoms with van der Waals surface area (Å²) < 4.78 is 0. The molecular weight excluding hydrogens is 262 g/mol. The van der Waals surface area contributed by atoms with Crippen molar-refractivity contribution < 1.29 is 0 Å². The third-order valence-corrected chi connectivity index (χ3v) is 4.99. The molecule has 0 bridgehead atoms. The van der Waals surface area contributed by atoms with Gasteiger partial charge in [0.2, 0.25) is 0 Å². The van der Waals surface area contributed by atoms with Crippen molar-refractivity contribution in [2.24, 2.45) is 4.99 Å². The van der Waals surface area contributed by atoms with E-state index < -0.39 is 0 Å². The zero-order valence-corrected chi connectivity index (χ0v) is 13.8. The Bertz CT molecular complexity index is 620. The lowest BCUT2D eigenvalue weighted by Crippen LogP contribution is -2.36. The normalized spacial score (nSPS) is 20.5. The first-order chi connectivity index (χ1) is 9.93. The highest BCUT2D eigenvalue weighted by Gasteiger charge is 2.33. The Labute approximate surface area is 127 Å². The van der Waals surface area contributed by atoms with Crippen LogP contribution in [0, 0.1) is 20.8 Å². The first kappa shape index (κ1) is 14.0. The first-order valence-electron chi connectivity index (χ1n) is 7.58. The molecule has 1 aromatic carbocycles. The number of fused-ring (bicyclic) bond motifs is 1. The Balaban J connectivity index is 2.13. The molecule has 1 aromatic rings. The highest BCUT2D eigenvalue weighted by molar-refractivity contribution is 5.99. The minimum Gasteiger partial charge on any atom is -0.354 e. The Morgan fingerprint density at radius 3 is 2.24 bits per heavy atom. The third-order valence-electron chi connectivity index (χ3n) is 4.99. The van der Waals surface area contributed by atoms with Crippen LogP contribution in [-0.2, 0) is 0 Å². The average molecular weight is 287 g/mol. The second kappa shape index (κ2) is 4.83. The van der Waals surface area contributed by atoms with Crippen LogP contribution in [0.2, 0.25) is 0 Å². The zero-order valence-electron chi connectivity index (χ0n) is 13.8. The number of nitrogens with zero attached hydrogens (tertiary/aromatic N) is 3. The van der Waals surface area contributed by atoms with Crippen LogP contribution in [0.5, 0.6) is 0 Å². The number of hydrogen-bond acceptors (Lipinski definition) is 5. The van der Waals surface area contributed by atoms with Crippen LogP contribution in [0.25, 0.3) is 0 Å². The molecule has 0 aliphatic carbocycles. The van der Waals surface area contributed by atoms with Crippen molar-refractivity contribution in [1.29, 1.82) is 0 Å². The lowest BCUT2D eigenvalue weighted by Gasteiger charge is -2.23. The van der Waals surface area contributed by atoms with Crippen LogP contribution >= 0.6 is 0 Å². The van der Waals surface area contributed by atoms with E-state index in [1.807, 2.05) is 0 Å². The number of rotatable bonds is 1. The molecule has 2 N–H and O–H groups in total. The highest BCUT2D eigenvalue weighted by atomic mass is 15.4. The molecule has 0 fully saturated rings. The van der Waals surface area contributed by atoms with Gasteiger partial charge < -0.3 is 20.4 Å². The molecule has 3 rings (SSSR count). The number of benzene rings is 1. The van der Waals surface area contributed by atoms with Crippen LogP contribution < -0.4 is 20.4 Å². The smallest absolute Gasteiger partial charge is 0.195 e. The standard InChI is InChI=1S/C16H25N5/c1-9-10(2)14-15(21(6)12(4)20(14)5)11(3)13(9)19-16-17-7-8-18-16/h12H,7-8H2,1-6H3,(H2,17,18,19). The maximum Gasteiger partial charge on any atom is 0.195 e. The van der Waals surface area contributed by atoms with Gasteiger partial charge >= 0.3 is 0 Å². The minimum atomic E-state index is 0.383. The number of hydrogen-bond donors (Lipinski definition) is 2. The van der Waals surface area contributed by atoms with Crippen LogP contribution in [0.4, 0.5) is 17.1 Å². The monoisotopic (exact) mass is 287 g/mol. The summed E-state index contributed by atoms with van der Waals surface area (Å²) >= 11 is 0. The van der Waals surface area contributed by atoms with Gasteiger partial charge in [0.05, 0.1) is 24.1 Å². The van der Waals surface area contributed by atoms with Crippen LogP contribution in [-0.4, -0.2) is 39.3 Å². The fourth-order valence-corrected chi connectivity index (χ4v) is 3.40. The fourth-order valence-electron chi connectivity index (χ4n) is 3.40. The molecule has 5 nitrogen and oxygen atoms in total. The summed E-state index contributed by atoms with van der Waals surface area (Å²) in [6.45, 7) is 10.6. The van der Waals surface area contributed by atoms with Crippen molar-refractivity contribution >= 4 is 23.0 Å². The van der Waals surface area contributed by atoms with Gasteiger partial charge in [0, 0.05) is 26.3 Å². The predicted octanol–water partition coefficient (Wildman–Crippen LogP) is 2.21. The molecule has 0 aromatic heterocycles. The summed E-state index contributed by atoms with van der Waals surface area (Å²) in [4.78, 5) is 9.17. The van der Waals surface area contributed by atoms with Crippen LogP contribution in [0.15, 0.2) is 4.99 Å². The van der Waals surface area contributed by atoms with Gasteiger partial charge in [-0.2, -0.15) is 0 Å². The fraction of sp³-hybridized carbons (Fsp3) is 0.562. The van der Waals surface area contributed by atoms with Crippen molar-refractivity contribution in [3.05, 3.63) is 16.7 Å². The van der Waals surface area contributed by atoms with Gasteiger partial charge in [-0.1, -0.05) is 0 Å². The SMILES string of the molecule is Cc1c(C)c2c(c(C)c1NC1=NCCN1)N(C)C(C)N2C. The topological polar surface area (TPSA) is 42.9 Å². The molecule has 0 saturated carbocycles. The summed E-state index contributed by atoms with van der Waals surface area (Å²) in [5.41, 5.74) is 7.81. The molecular formula is C16H25N5. The Kier molecular flexibility index (Phi) is 3.23. The number of aliphatic imine (C=N–C) groups is 1. The molecule has 21 heavy (non-hydrogen) atoms. The van der Waals surface area contributed by atoms with Crippen molar-refractivity contribution in [2.75, 3.05) is 42.3 Å². The van der Waals surface area contributed by atoms with Crippen molar-refractivity contribution in [2.45, 2.75) is 33.9 Å². The molecule has 0 spiro atoms. The van der Waals surface area contributed by atoms with Gasteiger partial charge in [0.1, 0.15) is 0 Å².